The Kier molecular flexibility index (Phi) is 7.13. The minimum Gasteiger partial charge on any atom is -0.487 e. The van der Waals surface area contributed by atoms with Crippen molar-refractivity contribution in [2.45, 2.75) is 70.8 Å². The van der Waals surface area contributed by atoms with Crippen LogP contribution in [0.4, 0.5) is 0 Å². The molecule has 1 aromatic carbocycles. The minimum absolute atomic E-state index is 0.525. The molecule has 0 fully saturated rings. The SMILES string of the molecule is CC1CCCCCCCCc2cc1c(C=C1N=C(c3ccc[nH]3)C=C1OCc1ccccc1)[nH]2. The number of nitrogens with zero attached hydrogens (tertiary/aromatic N) is 1. The second-order valence-electron chi connectivity index (χ2n) is 9.62. The van der Waals surface area contributed by atoms with Gasteiger partial charge in [-0.1, -0.05) is 69.4 Å². The number of aromatic nitrogens is 2. The molecule has 2 aromatic heterocycles. The van der Waals surface area contributed by atoms with Crippen LogP contribution in [0.15, 0.2) is 77.3 Å². The minimum atomic E-state index is 0.525. The van der Waals surface area contributed by atoms with Crippen molar-refractivity contribution >= 4 is 11.8 Å². The number of benzene rings is 1. The van der Waals surface area contributed by atoms with Crippen LogP contribution in [-0.2, 0) is 17.8 Å². The molecule has 176 valence electrons. The van der Waals surface area contributed by atoms with Crippen LogP contribution in [0.3, 0.4) is 0 Å². The van der Waals surface area contributed by atoms with Crippen molar-refractivity contribution in [1.82, 2.24) is 9.97 Å². The van der Waals surface area contributed by atoms with E-state index in [4.69, 9.17) is 9.73 Å². The fraction of sp³-hybridized carbons (Fsp3) is 0.367. The lowest BCUT2D eigenvalue weighted by Crippen LogP contribution is -1.97. The van der Waals surface area contributed by atoms with Gasteiger partial charge in [0.2, 0.25) is 0 Å². The quantitative estimate of drug-likeness (QED) is 0.409. The first-order valence-corrected chi connectivity index (χ1v) is 12.8. The van der Waals surface area contributed by atoms with E-state index in [9.17, 15) is 0 Å². The predicted octanol–water partition coefficient (Wildman–Crippen LogP) is 7.68. The van der Waals surface area contributed by atoms with Gasteiger partial charge in [-0.05, 0) is 60.6 Å². The van der Waals surface area contributed by atoms with Gasteiger partial charge in [0.15, 0.2) is 0 Å². The van der Waals surface area contributed by atoms with E-state index < -0.39 is 0 Å². The highest BCUT2D eigenvalue weighted by Crippen LogP contribution is 2.32. The van der Waals surface area contributed by atoms with Crippen LogP contribution in [0.1, 0.15) is 86.0 Å². The van der Waals surface area contributed by atoms with Gasteiger partial charge in [-0.3, -0.25) is 0 Å². The number of H-pyrrole nitrogens is 2. The highest BCUT2D eigenvalue weighted by Gasteiger charge is 2.21. The lowest BCUT2D eigenvalue weighted by molar-refractivity contribution is 0.208. The number of allylic oxidation sites excluding steroid dienone is 1. The summed E-state index contributed by atoms with van der Waals surface area (Å²) in [5, 5.41) is 0. The normalized spacial score (nSPS) is 20.4. The summed E-state index contributed by atoms with van der Waals surface area (Å²) in [6.45, 7) is 2.89. The maximum absolute atomic E-state index is 6.30. The molecule has 1 atom stereocenters. The molecule has 4 heteroatoms. The van der Waals surface area contributed by atoms with Gasteiger partial charge in [0, 0.05) is 23.7 Å². The highest BCUT2D eigenvalue weighted by molar-refractivity contribution is 6.11. The second-order valence-corrected chi connectivity index (χ2v) is 9.62. The van der Waals surface area contributed by atoms with E-state index in [-0.39, 0.29) is 0 Å². The Bertz CT molecular complexity index is 1170. The van der Waals surface area contributed by atoms with Gasteiger partial charge in [0.1, 0.15) is 18.1 Å². The van der Waals surface area contributed by atoms with E-state index in [1.807, 2.05) is 30.5 Å². The van der Waals surface area contributed by atoms with Crippen LogP contribution < -0.4 is 0 Å². The smallest absolute Gasteiger partial charge is 0.147 e. The lowest BCUT2D eigenvalue weighted by Gasteiger charge is -2.12. The summed E-state index contributed by atoms with van der Waals surface area (Å²) in [5.74, 6) is 1.35. The van der Waals surface area contributed by atoms with Crippen molar-refractivity contribution < 1.29 is 4.74 Å². The van der Waals surface area contributed by atoms with Crippen molar-refractivity contribution in [3.05, 3.63) is 100 Å². The number of rotatable bonds is 5. The molecule has 1 aliphatic heterocycles. The van der Waals surface area contributed by atoms with E-state index in [1.165, 1.54) is 61.9 Å². The second kappa shape index (κ2) is 10.8. The summed E-state index contributed by atoms with van der Waals surface area (Å²) in [6, 6.07) is 16.8. The Hall–Kier alpha value is -3.27. The van der Waals surface area contributed by atoms with Gasteiger partial charge < -0.3 is 14.7 Å². The number of aliphatic imine (C=N–C) groups is 1. The molecule has 1 unspecified atom stereocenters. The van der Waals surface area contributed by atoms with Crippen LogP contribution in [0.5, 0.6) is 0 Å². The Morgan fingerprint density at radius 1 is 1.00 bits per heavy atom. The average Bonchev–Trinajstić information content (AvgIpc) is 3.60. The molecule has 5 rings (SSSR count). The largest absolute Gasteiger partial charge is 0.487 e. The summed E-state index contributed by atoms with van der Waals surface area (Å²) < 4.78 is 6.30. The van der Waals surface area contributed by atoms with Gasteiger partial charge in [-0.15, -0.1) is 0 Å². The number of fused-ring (bicyclic) bond motifs is 2. The number of hydrogen-bond donors (Lipinski definition) is 2. The van der Waals surface area contributed by atoms with Crippen molar-refractivity contribution in [2.75, 3.05) is 0 Å². The van der Waals surface area contributed by atoms with Gasteiger partial charge >= 0.3 is 0 Å². The van der Waals surface area contributed by atoms with Crippen molar-refractivity contribution in [1.29, 1.82) is 0 Å². The molecule has 0 saturated heterocycles. The summed E-state index contributed by atoms with van der Waals surface area (Å²) in [7, 11) is 0. The number of nitrogens with one attached hydrogen (secondary N) is 2. The maximum Gasteiger partial charge on any atom is 0.147 e. The Balaban J connectivity index is 1.46. The van der Waals surface area contributed by atoms with Crippen LogP contribution >= 0.6 is 0 Å². The maximum atomic E-state index is 6.30. The molecule has 0 saturated carbocycles. The first-order valence-electron chi connectivity index (χ1n) is 12.8. The van der Waals surface area contributed by atoms with E-state index in [0.29, 0.717) is 12.5 Å². The lowest BCUT2D eigenvalue weighted by atomic mass is 9.93. The van der Waals surface area contributed by atoms with Crippen LogP contribution in [-0.4, -0.2) is 15.7 Å². The third kappa shape index (κ3) is 5.44. The molecule has 0 amide bonds. The molecule has 2 aliphatic rings. The van der Waals surface area contributed by atoms with Crippen LogP contribution in [0, 0.1) is 0 Å². The molecule has 2 bridgehead atoms. The van der Waals surface area contributed by atoms with Gasteiger partial charge in [-0.25, -0.2) is 4.99 Å². The predicted molar refractivity (Wildman–Crippen MR) is 140 cm³/mol. The third-order valence-corrected chi connectivity index (χ3v) is 6.95. The monoisotopic (exact) mass is 453 g/mol. The van der Waals surface area contributed by atoms with E-state index in [0.717, 1.165) is 34.8 Å². The van der Waals surface area contributed by atoms with Crippen molar-refractivity contribution in [2.24, 2.45) is 4.99 Å². The van der Waals surface area contributed by atoms with Gasteiger partial charge in [-0.2, -0.15) is 0 Å². The molecule has 34 heavy (non-hydrogen) atoms. The highest BCUT2D eigenvalue weighted by atomic mass is 16.5. The molecule has 0 radical (unpaired) electrons. The van der Waals surface area contributed by atoms with Crippen molar-refractivity contribution in [3.63, 3.8) is 0 Å². The standard InChI is InChI=1S/C30H35N3O/c1-22-12-7-4-2-3-5-10-15-24-18-25(22)27(32-24)19-29-30(34-21-23-13-8-6-9-14-23)20-28(33-29)26-16-11-17-31-26/h6,8-9,11,13-14,16-20,22,31-32H,2-5,7,10,12,15,21H2,1H3. The molecule has 3 heterocycles. The Morgan fingerprint density at radius 3 is 2.65 bits per heavy atom. The fourth-order valence-electron chi connectivity index (χ4n) is 4.97. The molecular formula is C30H35N3O. The molecule has 0 spiro atoms. The zero-order chi connectivity index (χ0) is 23.2. The third-order valence-electron chi connectivity index (χ3n) is 6.95. The van der Waals surface area contributed by atoms with Crippen LogP contribution in [0.2, 0.25) is 0 Å². The van der Waals surface area contributed by atoms with Gasteiger partial charge in [0.25, 0.3) is 0 Å². The molecular weight excluding hydrogens is 418 g/mol. The number of aromatic amines is 2. The average molecular weight is 454 g/mol. The fourth-order valence-corrected chi connectivity index (χ4v) is 4.97. The van der Waals surface area contributed by atoms with Gasteiger partial charge in [0.05, 0.1) is 11.4 Å². The first kappa shape index (κ1) is 22.5. The number of ether oxygens (including phenoxy) is 1. The van der Waals surface area contributed by atoms with Crippen LogP contribution in [0.25, 0.3) is 6.08 Å². The zero-order valence-electron chi connectivity index (χ0n) is 20.1. The summed E-state index contributed by atoms with van der Waals surface area (Å²) in [4.78, 5) is 12.0. The van der Waals surface area contributed by atoms with E-state index in [2.05, 4.69) is 53.3 Å². The topological polar surface area (TPSA) is 53.2 Å². The summed E-state index contributed by atoms with van der Waals surface area (Å²) in [5.41, 5.74) is 7.88. The number of aryl methyl sites for hydroxylation is 1. The van der Waals surface area contributed by atoms with E-state index in [1.54, 1.807) is 0 Å². The molecule has 1 aliphatic carbocycles. The van der Waals surface area contributed by atoms with Crippen molar-refractivity contribution in [3.8, 4) is 0 Å². The molecule has 3 aromatic rings. The van der Waals surface area contributed by atoms with E-state index >= 15 is 0 Å². The Morgan fingerprint density at radius 2 is 1.82 bits per heavy atom. The molecule has 4 nitrogen and oxygen atoms in total. The summed E-state index contributed by atoms with van der Waals surface area (Å²) in [6.07, 6.45) is 16.5. The zero-order valence-corrected chi connectivity index (χ0v) is 20.1. The first-order chi connectivity index (χ1) is 16.8. The Labute approximate surface area is 202 Å². The number of hydrogen-bond acceptors (Lipinski definition) is 2. The summed E-state index contributed by atoms with van der Waals surface area (Å²) >= 11 is 0. The molecule has 2 N–H and O–H groups in total.